The second kappa shape index (κ2) is 19.6. The number of phenolic OH excluding ortho intramolecular Hbond substituents is 4. The van der Waals surface area contributed by atoms with Crippen LogP contribution >= 0.6 is 0 Å². The van der Waals surface area contributed by atoms with Gasteiger partial charge in [-0.25, -0.2) is 0 Å². The number of Topliss-reactive ketones (excluding diaryl/α,β-unsaturated/α-hetero) is 1. The van der Waals surface area contributed by atoms with E-state index < -0.39 is 35.4 Å². The van der Waals surface area contributed by atoms with Crippen LogP contribution in [0.1, 0.15) is 99.1 Å². The van der Waals surface area contributed by atoms with E-state index in [4.69, 9.17) is 9.47 Å². The number of hydrogen-bond donors (Lipinski definition) is 9. The number of phenols is 4. The van der Waals surface area contributed by atoms with Crippen molar-refractivity contribution in [3.05, 3.63) is 124 Å². The number of benzene rings is 4. The predicted molar refractivity (Wildman–Crippen MR) is 259 cm³/mol. The van der Waals surface area contributed by atoms with Crippen molar-refractivity contribution in [3.63, 3.8) is 0 Å². The van der Waals surface area contributed by atoms with E-state index in [0.717, 1.165) is 75.9 Å². The third-order valence-corrected chi connectivity index (χ3v) is 15.0. The Morgan fingerprint density at radius 3 is 2.63 bits per heavy atom. The molecule has 3 aliphatic heterocycles. The second-order valence-electron chi connectivity index (χ2n) is 19.6. The Bertz CT molecular complexity index is 2660. The third kappa shape index (κ3) is 9.43. The molecule has 9 N–H and O–H groups in total. The molecule has 5 aromatic rings. The van der Waals surface area contributed by atoms with E-state index in [2.05, 4.69) is 41.6 Å². The number of H-pyrrole nitrogens is 1. The van der Waals surface area contributed by atoms with Crippen molar-refractivity contribution in [1.82, 2.24) is 10.3 Å². The van der Waals surface area contributed by atoms with Crippen LogP contribution in [0.4, 0.5) is 5.69 Å². The number of rotatable bonds is 12. The highest BCUT2D eigenvalue weighted by Crippen LogP contribution is 2.58. The van der Waals surface area contributed by atoms with Crippen molar-refractivity contribution in [2.75, 3.05) is 25.1 Å². The monoisotopic (exact) mass is 911 g/mol. The fourth-order valence-electron chi connectivity index (χ4n) is 11.7. The van der Waals surface area contributed by atoms with Gasteiger partial charge in [-0.3, -0.25) is 4.79 Å². The Kier molecular flexibility index (Phi) is 13.5. The number of carbonyl (C=O) groups is 1. The predicted octanol–water partition coefficient (Wildman–Crippen LogP) is 9.21. The maximum absolute atomic E-state index is 16.1. The molecule has 12 heteroatoms. The molecule has 0 saturated heterocycles. The Morgan fingerprint density at radius 2 is 1.81 bits per heavy atom. The van der Waals surface area contributed by atoms with Gasteiger partial charge in [-0.15, -0.1) is 0 Å². The Morgan fingerprint density at radius 1 is 0.940 bits per heavy atom. The molecular weight excluding hydrogens is 847 g/mol. The van der Waals surface area contributed by atoms with Gasteiger partial charge in [0.15, 0.2) is 23.0 Å². The summed E-state index contributed by atoms with van der Waals surface area (Å²) in [5.74, 6) is -0.721. The Balaban J connectivity index is 1.19. The van der Waals surface area contributed by atoms with Crippen LogP contribution in [0.25, 0.3) is 10.8 Å². The van der Waals surface area contributed by atoms with Gasteiger partial charge in [-0.05, 0) is 170 Å². The SMILES string of the molecule is CC(C)CCCOc1cc(C2CCc3c(ccc4cc(O)ccc34)NC3=CC(=CCN3)C3(CCC(O)C3Cc3ccc[nH]3)C(C(O)CCc3ccc(O)c4c3CCCO4)C(=O)C2)cc(O)c1O. The van der Waals surface area contributed by atoms with Gasteiger partial charge < -0.3 is 55.7 Å². The van der Waals surface area contributed by atoms with Crippen molar-refractivity contribution in [3.8, 4) is 34.5 Å². The Hall–Kier alpha value is -6.11. The van der Waals surface area contributed by atoms with Crippen molar-refractivity contribution >= 4 is 22.2 Å². The Labute approximate surface area is 392 Å². The molecule has 1 spiro atoms. The molecule has 67 heavy (non-hydrogen) atoms. The van der Waals surface area contributed by atoms with E-state index in [9.17, 15) is 30.6 Å². The number of fused-ring (bicyclic) bond motifs is 6. The summed E-state index contributed by atoms with van der Waals surface area (Å²) in [7, 11) is 0. The molecule has 0 amide bonds. The van der Waals surface area contributed by atoms with Gasteiger partial charge in [-0.2, -0.15) is 0 Å². The highest BCUT2D eigenvalue weighted by atomic mass is 16.5. The largest absolute Gasteiger partial charge is 0.508 e. The average Bonchev–Trinajstić information content (AvgIpc) is 3.96. The number of anilines is 1. The smallest absolute Gasteiger partial charge is 0.200 e. The number of ketones is 1. The topological polar surface area (TPSA) is 197 Å². The summed E-state index contributed by atoms with van der Waals surface area (Å²) < 4.78 is 12.1. The van der Waals surface area contributed by atoms with E-state index in [1.165, 1.54) is 6.07 Å². The summed E-state index contributed by atoms with van der Waals surface area (Å²) in [5.41, 5.74) is 5.11. The minimum absolute atomic E-state index is 0.00926. The first-order chi connectivity index (χ1) is 32.4. The summed E-state index contributed by atoms with van der Waals surface area (Å²) in [4.78, 5) is 19.4. The molecule has 1 aliphatic carbocycles. The molecule has 1 saturated carbocycles. The lowest BCUT2D eigenvalue weighted by Crippen LogP contribution is -2.50. The summed E-state index contributed by atoms with van der Waals surface area (Å²) >= 11 is 0. The van der Waals surface area contributed by atoms with Crippen LogP contribution in [-0.4, -0.2) is 73.4 Å². The van der Waals surface area contributed by atoms with Gasteiger partial charge in [0, 0.05) is 47.4 Å². The molecule has 354 valence electrons. The lowest BCUT2D eigenvalue weighted by Gasteiger charge is -2.46. The molecule has 1 fully saturated rings. The maximum Gasteiger partial charge on any atom is 0.200 e. The second-order valence-corrected chi connectivity index (χ2v) is 19.6. The fraction of sp³-hybridized carbons (Fsp3) is 0.436. The van der Waals surface area contributed by atoms with Gasteiger partial charge >= 0.3 is 0 Å². The number of carbonyl (C=O) groups excluding carboxylic acids is 1. The van der Waals surface area contributed by atoms with Crippen molar-refractivity contribution < 1.29 is 44.9 Å². The summed E-state index contributed by atoms with van der Waals surface area (Å²) in [6, 6.07) is 20.0. The summed E-state index contributed by atoms with van der Waals surface area (Å²) in [6.07, 6.45) is 10.3. The summed E-state index contributed by atoms with van der Waals surface area (Å²) in [5, 5.41) is 77.8. The third-order valence-electron chi connectivity index (χ3n) is 15.0. The highest BCUT2D eigenvalue weighted by Gasteiger charge is 2.58. The standard InChI is InChI=1S/C55H65N3O9/c1-32(2)6-4-24-66-50-29-36(28-49(64)53(50)65)34-9-14-42-40-15-13-39(59)26-35(40)10-16-44(42)58-51-30-37(20-23-57-51)55(21-19-45(60)43(55)31-38-7-3-22-56-38)52(48(63)27-34)46(61)17-11-33-12-18-47(62)54-41(33)8-5-25-67-54/h3,7,10,12-13,15-16,18,20,22,26,28-30,32,34,43,45-46,52,56-62,64-65H,4-6,8-9,11,14,17,19,21,23-25,27,31H2,1-2H3. The van der Waals surface area contributed by atoms with Crippen LogP contribution < -0.4 is 20.1 Å². The lowest BCUT2D eigenvalue weighted by atomic mass is 9.57. The molecule has 6 unspecified atom stereocenters. The molecule has 12 nitrogen and oxygen atoms in total. The first-order valence-electron chi connectivity index (χ1n) is 24.2. The van der Waals surface area contributed by atoms with E-state index in [1.54, 1.807) is 24.3 Å². The molecule has 4 heterocycles. The number of aliphatic hydroxyl groups is 2. The van der Waals surface area contributed by atoms with Crippen LogP contribution in [0, 0.1) is 23.2 Å². The zero-order valence-electron chi connectivity index (χ0n) is 38.6. The fourth-order valence-corrected chi connectivity index (χ4v) is 11.7. The highest BCUT2D eigenvalue weighted by molar-refractivity contribution is 5.91. The van der Waals surface area contributed by atoms with E-state index >= 15 is 4.79 Å². The van der Waals surface area contributed by atoms with Crippen LogP contribution in [-0.2, 0) is 30.5 Å². The maximum atomic E-state index is 16.1. The molecule has 4 aromatic carbocycles. The van der Waals surface area contributed by atoms with Gasteiger partial charge in [0.25, 0.3) is 0 Å². The molecular formula is C55H65N3O9. The minimum Gasteiger partial charge on any atom is -0.508 e. The van der Waals surface area contributed by atoms with Gasteiger partial charge in [0.2, 0.25) is 5.75 Å². The molecule has 1 aromatic heterocycles. The lowest BCUT2D eigenvalue weighted by molar-refractivity contribution is -0.134. The van der Waals surface area contributed by atoms with Crippen LogP contribution in [0.2, 0.25) is 0 Å². The van der Waals surface area contributed by atoms with Crippen molar-refractivity contribution in [1.29, 1.82) is 0 Å². The zero-order chi connectivity index (χ0) is 46.8. The number of aliphatic hydroxyl groups excluding tert-OH is 2. The zero-order valence-corrected chi connectivity index (χ0v) is 38.6. The number of allylic oxidation sites excluding steroid dienone is 2. The number of aromatic hydroxyl groups is 4. The molecule has 9 rings (SSSR count). The summed E-state index contributed by atoms with van der Waals surface area (Å²) in [6.45, 7) is 5.58. The van der Waals surface area contributed by atoms with E-state index in [0.29, 0.717) is 75.5 Å². The van der Waals surface area contributed by atoms with Gasteiger partial charge in [-0.1, -0.05) is 38.1 Å². The van der Waals surface area contributed by atoms with E-state index in [-0.39, 0.29) is 47.4 Å². The number of aromatic amines is 1. The van der Waals surface area contributed by atoms with Crippen LogP contribution in [0.5, 0.6) is 34.5 Å². The van der Waals surface area contributed by atoms with Crippen LogP contribution in [0.15, 0.2) is 96.5 Å². The first kappa shape index (κ1) is 46.0. The first-order valence-corrected chi connectivity index (χ1v) is 24.2. The molecule has 6 atom stereocenters. The average molecular weight is 912 g/mol. The number of dihydropyridines is 1. The van der Waals surface area contributed by atoms with Gasteiger partial charge in [0.1, 0.15) is 17.4 Å². The molecule has 0 radical (unpaired) electrons. The number of nitrogens with one attached hydrogen (secondary N) is 3. The van der Waals surface area contributed by atoms with E-state index in [1.807, 2.05) is 42.6 Å². The van der Waals surface area contributed by atoms with Gasteiger partial charge in [0.05, 0.1) is 31.3 Å². The number of aryl methyl sites for hydroxylation is 2. The number of aromatic nitrogens is 1. The minimum atomic E-state index is -1.15. The van der Waals surface area contributed by atoms with Crippen LogP contribution in [0.3, 0.4) is 0 Å². The molecule has 4 aliphatic rings. The normalized spacial score (nSPS) is 23.4. The number of hydrogen-bond acceptors (Lipinski definition) is 11. The number of ether oxygens (including phenoxy) is 2. The molecule has 2 bridgehead atoms. The van der Waals surface area contributed by atoms with Crippen molar-refractivity contribution in [2.24, 2.45) is 23.2 Å². The quantitative estimate of drug-likeness (QED) is 0.0428. The van der Waals surface area contributed by atoms with Crippen molar-refractivity contribution in [2.45, 2.75) is 109 Å².